The summed E-state index contributed by atoms with van der Waals surface area (Å²) in [6.45, 7) is -0.191. The van der Waals surface area contributed by atoms with Gasteiger partial charge in [-0.3, -0.25) is 0 Å². The number of benzene rings is 1. The number of fused-ring (bicyclic) bond motifs is 1. The number of nitrogens with zero attached hydrogens (tertiary/aromatic N) is 2. The second-order valence-electron chi connectivity index (χ2n) is 3.56. The molecule has 2 aromatic rings. The van der Waals surface area contributed by atoms with Gasteiger partial charge in [0.2, 0.25) is 3.79 Å². The molecule has 98 valence electrons. The highest BCUT2D eigenvalue weighted by molar-refractivity contribution is 6.66. The minimum absolute atomic E-state index is 0.00144. The van der Waals surface area contributed by atoms with E-state index in [0.29, 0.717) is 0 Å². The highest BCUT2D eigenvalue weighted by atomic mass is 35.6. The van der Waals surface area contributed by atoms with Crippen molar-refractivity contribution in [2.45, 2.75) is 10.3 Å². The first kappa shape index (κ1) is 13.8. The second-order valence-corrected chi connectivity index (χ2v) is 5.84. The maximum absolute atomic E-state index is 13.2. The fourth-order valence-corrected chi connectivity index (χ4v) is 2.10. The topological polar surface area (TPSA) is 38.0 Å². The summed E-state index contributed by atoms with van der Waals surface area (Å²) in [4.78, 5) is 3.95. The molecule has 0 amide bonds. The summed E-state index contributed by atoms with van der Waals surface area (Å²) in [5, 5.41) is 8.97. The van der Waals surface area contributed by atoms with E-state index < -0.39 is 15.4 Å². The second kappa shape index (κ2) is 4.81. The van der Waals surface area contributed by atoms with Gasteiger partial charge in [-0.25, -0.2) is 13.8 Å². The van der Waals surface area contributed by atoms with Crippen LogP contribution in [0.15, 0.2) is 12.1 Å². The zero-order chi connectivity index (χ0) is 13.5. The van der Waals surface area contributed by atoms with Crippen molar-refractivity contribution in [1.82, 2.24) is 9.55 Å². The van der Waals surface area contributed by atoms with Crippen molar-refractivity contribution in [3.8, 4) is 0 Å². The SMILES string of the molecule is OCCn1c(C(Cl)(Cl)Cl)nc2cc(F)c(F)cc21. The zero-order valence-corrected chi connectivity index (χ0v) is 11.1. The highest BCUT2D eigenvalue weighted by Crippen LogP contribution is 2.39. The van der Waals surface area contributed by atoms with E-state index in [0.717, 1.165) is 12.1 Å². The maximum atomic E-state index is 13.2. The van der Waals surface area contributed by atoms with Gasteiger partial charge in [0.25, 0.3) is 0 Å². The van der Waals surface area contributed by atoms with Gasteiger partial charge in [0.1, 0.15) is 0 Å². The molecule has 0 saturated heterocycles. The molecule has 0 aliphatic heterocycles. The standard InChI is InChI=1S/C10H7Cl3F2N2O/c11-10(12,13)9-16-7-3-5(14)6(15)4-8(7)17(9)1-2-18/h3-4,18H,1-2H2. The minimum Gasteiger partial charge on any atom is -0.395 e. The lowest BCUT2D eigenvalue weighted by Crippen LogP contribution is -2.13. The van der Waals surface area contributed by atoms with Crippen molar-refractivity contribution in [1.29, 1.82) is 0 Å². The van der Waals surface area contributed by atoms with Crippen molar-refractivity contribution in [2.75, 3.05) is 6.61 Å². The third-order valence-electron chi connectivity index (χ3n) is 2.37. The fraction of sp³-hybridized carbons (Fsp3) is 0.300. The number of halogens is 5. The van der Waals surface area contributed by atoms with Crippen LogP contribution in [0, 0.1) is 11.6 Å². The maximum Gasteiger partial charge on any atom is 0.248 e. The van der Waals surface area contributed by atoms with Gasteiger partial charge in [0.05, 0.1) is 17.6 Å². The Bertz CT molecular complexity index is 595. The summed E-state index contributed by atoms with van der Waals surface area (Å²) in [6, 6.07) is 1.87. The molecule has 8 heteroatoms. The first-order valence-corrected chi connectivity index (χ1v) is 6.01. The Morgan fingerprint density at radius 2 is 1.83 bits per heavy atom. The number of hydrogen-bond acceptors (Lipinski definition) is 2. The number of aromatic nitrogens is 2. The monoisotopic (exact) mass is 314 g/mol. The van der Waals surface area contributed by atoms with Crippen LogP contribution in [-0.2, 0) is 10.3 Å². The van der Waals surface area contributed by atoms with Crippen LogP contribution in [0.5, 0.6) is 0 Å². The van der Waals surface area contributed by atoms with E-state index in [4.69, 9.17) is 39.9 Å². The number of alkyl halides is 3. The van der Waals surface area contributed by atoms with E-state index in [-0.39, 0.29) is 30.0 Å². The molecule has 1 heterocycles. The average molecular weight is 316 g/mol. The Hall–Kier alpha value is -0.620. The molecule has 0 fully saturated rings. The van der Waals surface area contributed by atoms with Gasteiger partial charge in [-0.2, -0.15) is 0 Å². The van der Waals surface area contributed by atoms with Gasteiger partial charge in [-0.1, -0.05) is 34.8 Å². The molecule has 0 atom stereocenters. The molecule has 0 bridgehead atoms. The average Bonchev–Trinajstić information content (AvgIpc) is 2.58. The van der Waals surface area contributed by atoms with Gasteiger partial charge in [0.15, 0.2) is 17.5 Å². The van der Waals surface area contributed by atoms with Crippen molar-refractivity contribution >= 4 is 45.8 Å². The largest absolute Gasteiger partial charge is 0.395 e. The van der Waals surface area contributed by atoms with Crippen LogP contribution < -0.4 is 0 Å². The van der Waals surface area contributed by atoms with Crippen LogP contribution in [-0.4, -0.2) is 21.3 Å². The summed E-state index contributed by atoms with van der Waals surface area (Å²) < 4.78 is 25.8. The predicted molar refractivity (Wildman–Crippen MR) is 66.0 cm³/mol. The summed E-state index contributed by atoms with van der Waals surface area (Å²) in [5.41, 5.74) is 0.410. The molecular weight excluding hydrogens is 308 g/mol. The van der Waals surface area contributed by atoms with Crippen LogP contribution >= 0.6 is 34.8 Å². The molecule has 3 nitrogen and oxygen atoms in total. The normalized spacial score (nSPS) is 12.3. The molecule has 18 heavy (non-hydrogen) atoms. The molecule has 0 aliphatic carbocycles. The lowest BCUT2D eigenvalue weighted by Gasteiger charge is -2.13. The first-order chi connectivity index (χ1) is 8.34. The number of rotatable bonds is 2. The molecule has 1 aromatic heterocycles. The van der Waals surface area contributed by atoms with Crippen LogP contribution in [0.25, 0.3) is 11.0 Å². The smallest absolute Gasteiger partial charge is 0.248 e. The number of imidazole rings is 1. The summed E-state index contributed by atoms with van der Waals surface area (Å²) in [5.74, 6) is -2.06. The Kier molecular flexibility index (Phi) is 3.69. The van der Waals surface area contributed by atoms with Crippen molar-refractivity contribution in [2.24, 2.45) is 0 Å². The third-order valence-corrected chi connectivity index (χ3v) is 2.87. The van der Waals surface area contributed by atoms with Crippen LogP contribution in [0.4, 0.5) is 8.78 Å². The molecule has 0 unspecified atom stereocenters. The third kappa shape index (κ3) is 2.40. The molecule has 2 rings (SSSR count). The van der Waals surface area contributed by atoms with Gasteiger partial charge >= 0.3 is 0 Å². The van der Waals surface area contributed by atoms with Gasteiger partial charge in [0, 0.05) is 18.7 Å². The quantitative estimate of drug-likeness (QED) is 0.865. The Morgan fingerprint density at radius 3 is 2.39 bits per heavy atom. The van der Waals surface area contributed by atoms with Gasteiger partial charge in [-0.15, -0.1) is 0 Å². The number of aliphatic hydroxyl groups is 1. The van der Waals surface area contributed by atoms with Crippen LogP contribution in [0.1, 0.15) is 5.82 Å². The van der Waals surface area contributed by atoms with Gasteiger partial charge in [-0.05, 0) is 0 Å². The Morgan fingerprint density at radius 1 is 1.22 bits per heavy atom. The van der Waals surface area contributed by atoms with Crippen molar-refractivity contribution < 1.29 is 13.9 Å². The van der Waals surface area contributed by atoms with Crippen LogP contribution in [0.2, 0.25) is 0 Å². The highest BCUT2D eigenvalue weighted by Gasteiger charge is 2.30. The van der Waals surface area contributed by atoms with E-state index in [1.807, 2.05) is 0 Å². The Labute approximate surface area is 116 Å². The Balaban J connectivity index is 2.75. The molecule has 0 spiro atoms. The van der Waals surface area contributed by atoms with E-state index in [1.54, 1.807) is 0 Å². The van der Waals surface area contributed by atoms with E-state index in [9.17, 15) is 8.78 Å². The first-order valence-electron chi connectivity index (χ1n) is 4.88. The lowest BCUT2D eigenvalue weighted by atomic mass is 10.3. The molecule has 1 N–H and O–H groups in total. The minimum atomic E-state index is -1.85. The molecular formula is C10H7Cl3F2N2O. The predicted octanol–water partition coefficient (Wildman–Crippen LogP) is 3.13. The summed E-state index contributed by atoms with van der Waals surface area (Å²) >= 11 is 17.2. The molecule has 0 radical (unpaired) electrons. The fourth-order valence-electron chi connectivity index (χ4n) is 1.66. The molecule has 1 aromatic carbocycles. The van der Waals surface area contributed by atoms with Crippen molar-refractivity contribution in [3.05, 3.63) is 29.6 Å². The lowest BCUT2D eigenvalue weighted by molar-refractivity contribution is 0.276. The van der Waals surface area contributed by atoms with E-state index >= 15 is 0 Å². The van der Waals surface area contributed by atoms with Crippen molar-refractivity contribution in [3.63, 3.8) is 0 Å². The zero-order valence-electron chi connectivity index (χ0n) is 8.80. The van der Waals surface area contributed by atoms with Crippen LogP contribution in [0.3, 0.4) is 0 Å². The summed E-state index contributed by atoms with van der Waals surface area (Å²) in [7, 11) is 0. The molecule has 0 aliphatic rings. The van der Waals surface area contributed by atoms with E-state index in [1.165, 1.54) is 4.57 Å². The summed E-state index contributed by atoms with van der Waals surface area (Å²) in [6.07, 6.45) is 0. The van der Waals surface area contributed by atoms with Gasteiger partial charge < -0.3 is 9.67 Å². The number of aliphatic hydroxyl groups excluding tert-OH is 1. The molecule has 0 saturated carbocycles. The van der Waals surface area contributed by atoms with E-state index in [2.05, 4.69) is 4.98 Å². The number of hydrogen-bond donors (Lipinski definition) is 1.